The molecule has 7 nitrogen and oxygen atoms in total. The van der Waals surface area contributed by atoms with Gasteiger partial charge in [0.2, 0.25) is 5.91 Å². The number of nitriles is 1. The van der Waals surface area contributed by atoms with Crippen LogP contribution in [-0.4, -0.2) is 58.1 Å². The van der Waals surface area contributed by atoms with E-state index in [-0.39, 0.29) is 18.1 Å². The van der Waals surface area contributed by atoms with Gasteiger partial charge < -0.3 is 9.88 Å². The highest BCUT2D eigenvalue weighted by molar-refractivity contribution is 8.02. The van der Waals surface area contributed by atoms with E-state index in [9.17, 15) is 14.9 Å². The number of amides is 1. The number of hydrogen-bond donors (Lipinski definition) is 1. The Morgan fingerprint density at radius 3 is 2.67 bits per heavy atom. The fourth-order valence-corrected chi connectivity index (χ4v) is 5.14. The molecule has 0 aliphatic carbocycles. The van der Waals surface area contributed by atoms with E-state index in [0.717, 1.165) is 54.1 Å². The zero-order valence-corrected chi connectivity index (χ0v) is 21.4. The summed E-state index contributed by atoms with van der Waals surface area (Å²) >= 11 is 1.56. The summed E-state index contributed by atoms with van der Waals surface area (Å²) in [6.45, 7) is 8.44. The molecule has 0 radical (unpaired) electrons. The number of hydrogen-bond acceptors (Lipinski definition) is 6. The molecule has 1 fully saturated rings. The molecule has 1 N–H and O–H groups in total. The Hall–Kier alpha value is -3.41. The van der Waals surface area contributed by atoms with E-state index >= 15 is 0 Å². The number of fused-ring (bicyclic) bond motifs is 1. The van der Waals surface area contributed by atoms with Crippen molar-refractivity contribution in [1.29, 1.82) is 5.26 Å². The van der Waals surface area contributed by atoms with Gasteiger partial charge in [0.05, 0.1) is 41.2 Å². The van der Waals surface area contributed by atoms with Gasteiger partial charge in [0.1, 0.15) is 0 Å². The fraction of sp³-hybridized carbons (Fsp3) is 0.357. The van der Waals surface area contributed by atoms with E-state index in [4.69, 9.17) is 0 Å². The molecule has 0 spiro atoms. The summed E-state index contributed by atoms with van der Waals surface area (Å²) in [6.07, 6.45) is 5.36. The topological polar surface area (TPSA) is 91.0 Å². The molecule has 3 heterocycles. The van der Waals surface area contributed by atoms with Crippen LogP contribution in [0.15, 0.2) is 48.5 Å². The van der Waals surface area contributed by atoms with Gasteiger partial charge >= 0.3 is 0 Å². The maximum absolute atomic E-state index is 13.5. The van der Waals surface area contributed by atoms with E-state index in [1.54, 1.807) is 35.5 Å². The van der Waals surface area contributed by atoms with E-state index in [1.165, 1.54) is 6.42 Å². The molecule has 1 aliphatic heterocycles. The molecule has 1 amide bonds. The van der Waals surface area contributed by atoms with Gasteiger partial charge in [-0.3, -0.25) is 19.5 Å². The summed E-state index contributed by atoms with van der Waals surface area (Å²) < 4.78 is 2.01. The van der Waals surface area contributed by atoms with Crippen LogP contribution in [0.2, 0.25) is 0 Å². The lowest BCUT2D eigenvalue weighted by atomic mass is 10.1. The number of pyridine rings is 1. The largest absolute Gasteiger partial charge is 0.355 e. The van der Waals surface area contributed by atoms with Crippen molar-refractivity contribution in [3.8, 4) is 11.8 Å². The zero-order chi connectivity index (χ0) is 25.5. The van der Waals surface area contributed by atoms with Crippen LogP contribution in [0, 0.1) is 18.3 Å². The summed E-state index contributed by atoms with van der Waals surface area (Å²) in [7, 11) is 0. The summed E-state index contributed by atoms with van der Waals surface area (Å²) in [5.41, 5.74) is 5.05. The van der Waals surface area contributed by atoms with E-state index in [2.05, 4.69) is 27.8 Å². The summed E-state index contributed by atoms with van der Waals surface area (Å²) in [5.74, 6) is 0.760. The minimum absolute atomic E-state index is 0.0597. The van der Waals surface area contributed by atoms with Gasteiger partial charge in [-0.25, -0.2) is 0 Å². The van der Waals surface area contributed by atoms with Crippen molar-refractivity contribution in [1.82, 2.24) is 19.8 Å². The quantitative estimate of drug-likeness (QED) is 0.327. The number of rotatable bonds is 10. The van der Waals surface area contributed by atoms with Gasteiger partial charge in [0.15, 0.2) is 5.78 Å². The molecule has 0 unspecified atom stereocenters. The maximum Gasteiger partial charge on any atom is 0.224 e. The number of thioether (sulfide) groups is 1. The number of likely N-dealkylation sites (tertiary alicyclic amines) is 1. The first kappa shape index (κ1) is 25.7. The van der Waals surface area contributed by atoms with Crippen LogP contribution >= 0.6 is 11.8 Å². The smallest absolute Gasteiger partial charge is 0.224 e. The van der Waals surface area contributed by atoms with Crippen molar-refractivity contribution in [3.63, 3.8) is 0 Å². The van der Waals surface area contributed by atoms with Crippen molar-refractivity contribution >= 4 is 34.5 Å². The highest BCUT2D eigenvalue weighted by atomic mass is 32.2. The third kappa shape index (κ3) is 5.86. The van der Waals surface area contributed by atoms with E-state index in [1.807, 2.05) is 29.7 Å². The Morgan fingerprint density at radius 2 is 1.97 bits per heavy atom. The molecule has 8 heteroatoms. The molecular weight excluding hydrogens is 470 g/mol. The lowest BCUT2D eigenvalue weighted by Gasteiger charge is -2.25. The van der Waals surface area contributed by atoms with Gasteiger partial charge in [-0.1, -0.05) is 13.0 Å². The van der Waals surface area contributed by atoms with E-state index in [0.29, 0.717) is 29.7 Å². The molecule has 0 bridgehead atoms. The first-order valence-corrected chi connectivity index (χ1v) is 13.3. The molecule has 1 saturated heterocycles. The molecule has 1 aromatic carbocycles. The van der Waals surface area contributed by atoms with Crippen LogP contribution in [0.1, 0.15) is 46.4 Å². The van der Waals surface area contributed by atoms with Crippen molar-refractivity contribution in [2.75, 3.05) is 31.9 Å². The van der Waals surface area contributed by atoms with Gasteiger partial charge in [0.25, 0.3) is 0 Å². The molecule has 2 aromatic heterocycles. The second-order valence-electron chi connectivity index (χ2n) is 8.99. The Balaban J connectivity index is 1.69. The Bertz CT molecular complexity index is 1300. The van der Waals surface area contributed by atoms with Crippen molar-refractivity contribution in [3.05, 3.63) is 70.9 Å². The van der Waals surface area contributed by atoms with Crippen LogP contribution in [0.3, 0.4) is 0 Å². The predicted octanol–water partition coefficient (Wildman–Crippen LogP) is 4.41. The second-order valence-corrected chi connectivity index (χ2v) is 10.1. The SMILES string of the molecule is C=CSCCNC(=O)Cc1cnc2c(C(=O)CN3CCCCC3)c(C)n(-c3ccc(C#N)cc3)c2c1. The van der Waals surface area contributed by atoms with Crippen molar-refractivity contribution in [2.24, 2.45) is 0 Å². The number of benzene rings is 1. The first-order valence-electron chi connectivity index (χ1n) is 12.3. The molecular formula is C28H31N5O2S. The first-order chi connectivity index (χ1) is 17.5. The standard InChI is InChI=1S/C28H31N5O2S/c1-3-36-14-11-30-26(35)16-22-15-24-28(31-18-22)27(25(34)19-32-12-5-4-6-13-32)20(2)33(24)23-9-7-21(17-29)8-10-23/h3,7-10,15,18H,1,4-6,11-14,16,19H2,2H3,(H,30,35). The Morgan fingerprint density at radius 1 is 1.22 bits per heavy atom. The third-order valence-corrected chi connectivity index (χ3v) is 7.15. The summed E-state index contributed by atoms with van der Waals surface area (Å²) in [6, 6.07) is 11.4. The van der Waals surface area contributed by atoms with Crippen molar-refractivity contribution < 1.29 is 9.59 Å². The maximum atomic E-state index is 13.5. The van der Waals surface area contributed by atoms with Gasteiger partial charge in [0, 0.05) is 29.9 Å². The Kier molecular flexibility index (Phi) is 8.57. The number of nitrogens with zero attached hydrogens (tertiary/aromatic N) is 4. The molecule has 1 aliphatic rings. The van der Waals surface area contributed by atoms with Crippen LogP contribution in [-0.2, 0) is 11.2 Å². The van der Waals surface area contributed by atoms with Crippen molar-refractivity contribution in [2.45, 2.75) is 32.6 Å². The molecule has 36 heavy (non-hydrogen) atoms. The van der Waals surface area contributed by atoms with Gasteiger partial charge in [-0.15, -0.1) is 11.8 Å². The van der Waals surface area contributed by atoms with Crippen LogP contribution < -0.4 is 5.32 Å². The molecule has 4 rings (SSSR count). The van der Waals surface area contributed by atoms with Crippen LogP contribution in [0.4, 0.5) is 0 Å². The molecule has 186 valence electrons. The average Bonchev–Trinajstić information content (AvgIpc) is 3.18. The summed E-state index contributed by atoms with van der Waals surface area (Å²) in [4.78, 5) is 32.9. The average molecular weight is 502 g/mol. The normalized spacial score (nSPS) is 13.9. The van der Waals surface area contributed by atoms with Crippen LogP contribution in [0.5, 0.6) is 0 Å². The van der Waals surface area contributed by atoms with Crippen LogP contribution in [0.25, 0.3) is 16.7 Å². The molecule has 0 atom stereocenters. The van der Waals surface area contributed by atoms with E-state index < -0.39 is 0 Å². The highest BCUT2D eigenvalue weighted by Crippen LogP contribution is 2.30. The highest BCUT2D eigenvalue weighted by Gasteiger charge is 2.24. The minimum atomic E-state index is -0.0737. The number of piperidine rings is 1. The lowest BCUT2D eigenvalue weighted by molar-refractivity contribution is -0.120. The molecule has 0 saturated carbocycles. The number of carbonyl (C=O) groups excluding carboxylic acids is 2. The van der Waals surface area contributed by atoms with Gasteiger partial charge in [-0.05, 0) is 74.2 Å². The second kappa shape index (κ2) is 12.0. The Labute approximate surface area is 216 Å². The number of carbonyl (C=O) groups is 2. The minimum Gasteiger partial charge on any atom is -0.355 e. The predicted molar refractivity (Wildman–Crippen MR) is 145 cm³/mol. The number of nitrogens with one attached hydrogen (secondary N) is 1. The zero-order valence-electron chi connectivity index (χ0n) is 20.6. The molecule has 3 aromatic rings. The lowest BCUT2D eigenvalue weighted by Crippen LogP contribution is -2.34. The third-order valence-electron chi connectivity index (χ3n) is 6.47. The van der Waals surface area contributed by atoms with Gasteiger partial charge in [-0.2, -0.15) is 5.26 Å². The number of Topliss-reactive ketones (excluding diaryl/α,β-unsaturated/α-hetero) is 1. The summed E-state index contributed by atoms with van der Waals surface area (Å²) in [5, 5.41) is 13.9. The fourth-order valence-electron chi connectivity index (χ4n) is 4.75. The number of aromatic nitrogens is 2. The monoisotopic (exact) mass is 501 g/mol. The number of ketones is 1.